The van der Waals surface area contributed by atoms with E-state index in [-0.39, 0.29) is 24.1 Å². The molecule has 3 saturated carbocycles. The van der Waals surface area contributed by atoms with E-state index in [0.717, 1.165) is 0 Å². The predicted molar refractivity (Wildman–Crippen MR) is 97.4 cm³/mol. The van der Waals surface area contributed by atoms with Crippen molar-refractivity contribution in [3.05, 3.63) is 0 Å². The lowest BCUT2D eigenvalue weighted by atomic mass is 9.69. The van der Waals surface area contributed by atoms with E-state index in [1.54, 1.807) is 0 Å². The Hall–Kier alpha value is -0.420. The fourth-order valence-electron chi connectivity index (χ4n) is 5.34. The van der Waals surface area contributed by atoms with Crippen LogP contribution < -0.4 is 0 Å². The second-order valence-corrected chi connectivity index (χ2v) is 9.75. The fraction of sp³-hybridized carbons (Fsp3) is 1.00. The first kappa shape index (κ1) is 26.2. The van der Waals surface area contributed by atoms with E-state index in [9.17, 15) is 39.5 Å². The lowest BCUT2D eigenvalue weighted by molar-refractivity contribution is -0.366. The average molecular weight is 505 g/mol. The minimum atomic E-state index is -5.30. The van der Waals surface area contributed by atoms with Gasteiger partial charge < -0.3 is 4.74 Å². The Kier molecular flexibility index (Phi) is 8.23. The van der Waals surface area contributed by atoms with Crippen molar-refractivity contribution in [2.75, 3.05) is 0 Å². The van der Waals surface area contributed by atoms with Crippen LogP contribution in [0.15, 0.2) is 0 Å². The molecular weight excluding hydrogens is 479 g/mol. The van der Waals surface area contributed by atoms with Crippen molar-refractivity contribution in [3.63, 3.8) is 0 Å². The van der Waals surface area contributed by atoms with Gasteiger partial charge in [0.1, 0.15) is 36.7 Å². The van der Waals surface area contributed by atoms with E-state index in [4.69, 9.17) is 11.6 Å². The number of hydrogen-bond acceptors (Lipinski definition) is 2. The minimum Gasteiger partial charge on any atom is -0.317 e. The lowest BCUT2D eigenvalue weighted by Crippen LogP contribution is -2.53. The quantitative estimate of drug-likeness (QED) is 0.301. The molecule has 0 radical (unpaired) electrons. The zero-order valence-corrected chi connectivity index (χ0v) is 17.8. The molecule has 0 aliphatic heterocycles. The Labute approximate surface area is 185 Å². The van der Waals surface area contributed by atoms with Gasteiger partial charge in [0.15, 0.2) is 0 Å². The molecular formula is C20H26ClF9O2. The zero-order valence-electron chi connectivity index (χ0n) is 17.0. The van der Waals surface area contributed by atoms with Gasteiger partial charge in [0.05, 0.1) is 6.10 Å². The van der Waals surface area contributed by atoms with Crippen molar-refractivity contribution in [1.82, 2.24) is 0 Å². The van der Waals surface area contributed by atoms with Gasteiger partial charge in [0, 0.05) is 18.2 Å². The maximum absolute atomic E-state index is 14.7. The molecule has 4 unspecified atom stereocenters. The molecule has 0 saturated heterocycles. The van der Waals surface area contributed by atoms with Gasteiger partial charge in [-0.3, -0.25) is 4.74 Å². The highest BCUT2D eigenvalue weighted by atomic mass is 35.5. The molecule has 0 aromatic rings. The first-order chi connectivity index (χ1) is 14.8. The topological polar surface area (TPSA) is 18.5 Å². The summed E-state index contributed by atoms with van der Waals surface area (Å²) >= 11 is 6.03. The van der Waals surface area contributed by atoms with Crippen molar-refractivity contribution >= 4 is 11.6 Å². The van der Waals surface area contributed by atoms with Gasteiger partial charge in [0.2, 0.25) is 0 Å². The lowest BCUT2D eigenvalue weighted by Gasteiger charge is -2.43. The molecule has 188 valence electrons. The van der Waals surface area contributed by atoms with Crippen LogP contribution in [-0.4, -0.2) is 54.7 Å². The number of alkyl halides is 10. The van der Waals surface area contributed by atoms with E-state index in [1.807, 2.05) is 0 Å². The molecule has 32 heavy (non-hydrogen) atoms. The Morgan fingerprint density at radius 1 is 0.625 bits per heavy atom. The summed E-state index contributed by atoms with van der Waals surface area (Å²) in [5.41, 5.74) is 0. The maximum atomic E-state index is 14.7. The summed E-state index contributed by atoms with van der Waals surface area (Å²) in [6, 6.07) is 0. The number of ether oxygens (including phenoxy) is 2. The SMILES string of the molecule is FC1CC(OC(F)(F)C2C(F)CC(C3CCC(Cl)CC3)CC2F)CC(F)C1OC(F)(F)F. The molecule has 0 amide bonds. The van der Waals surface area contributed by atoms with Gasteiger partial charge in [0.25, 0.3) is 0 Å². The number of hydrogen-bond donors (Lipinski definition) is 0. The van der Waals surface area contributed by atoms with Crippen LogP contribution in [0.1, 0.15) is 51.4 Å². The second kappa shape index (κ2) is 10.1. The van der Waals surface area contributed by atoms with Crippen LogP contribution in [0.4, 0.5) is 39.5 Å². The summed E-state index contributed by atoms with van der Waals surface area (Å²) in [5, 5.41) is -0.00190. The van der Waals surface area contributed by atoms with Gasteiger partial charge in [-0.15, -0.1) is 24.8 Å². The van der Waals surface area contributed by atoms with Crippen LogP contribution in [0, 0.1) is 17.8 Å². The molecule has 0 bridgehead atoms. The highest BCUT2D eigenvalue weighted by Crippen LogP contribution is 2.48. The highest BCUT2D eigenvalue weighted by molar-refractivity contribution is 6.20. The molecule has 12 heteroatoms. The molecule has 3 aliphatic rings. The molecule has 0 spiro atoms. The Bertz CT molecular complexity index is 590. The molecule has 3 aliphatic carbocycles. The summed E-state index contributed by atoms with van der Waals surface area (Å²) in [5.74, 6) is -2.89. The molecule has 2 nitrogen and oxygen atoms in total. The summed E-state index contributed by atoms with van der Waals surface area (Å²) < 4.78 is 131. The van der Waals surface area contributed by atoms with Gasteiger partial charge in [-0.25, -0.2) is 17.6 Å². The molecule has 3 fully saturated rings. The van der Waals surface area contributed by atoms with Gasteiger partial charge in [-0.2, -0.15) is 8.78 Å². The van der Waals surface area contributed by atoms with Crippen molar-refractivity contribution in [2.24, 2.45) is 17.8 Å². The average Bonchev–Trinajstić information content (AvgIpc) is 2.63. The zero-order chi connectivity index (χ0) is 23.8. The smallest absolute Gasteiger partial charge is 0.317 e. The van der Waals surface area contributed by atoms with E-state index in [0.29, 0.717) is 25.7 Å². The van der Waals surface area contributed by atoms with Crippen molar-refractivity contribution in [1.29, 1.82) is 0 Å². The van der Waals surface area contributed by atoms with E-state index >= 15 is 0 Å². The largest absolute Gasteiger partial charge is 0.522 e. The second-order valence-electron chi connectivity index (χ2n) is 9.13. The monoisotopic (exact) mass is 504 g/mol. The standard InChI is InChI=1S/C20H26ClF9O2/c21-11-3-1-9(2-4-11)10-5-13(22)17(14(23)6-10)19(26,27)31-12-7-15(24)18(16(25)8-12)32-20(28,29)30/h9-18H,1-8H2. The minimum absolute atomic E-state index is 0.00190. The third kappa shape index (κ3) is 6.37. The fourth-order valence-corrected chi connectivity index (χ4v) is 5.59. The maximum Gasteiger partial charge on any atom is 0.522 e. The summed E-state index contributed by atoms with van der Waals surface area (Å²) in [4.78, 5) is 0. The molecule has 0 aromatic heterocycles. The molecule has 4 atom stereocenters. The third-order valence-corrected chi connectivity index (χ3v) is 7.31. The first-order valence-corrected chi connectivity index (χ1v) is 11.2. The number of rotatable bonds is 5. The summed E-state index contributed by atoms with van der Waals surface area (Å²) in [6.07, 6.45) is -23.6. The van der Waals surface area contributed by atoms with Crippen LogP contribution in [0.5, 0.6) is 0 Å². The van der Waals surface area contributed by atoms with Crippen molar-refractivity contribution in [2.45, 2.75) is 106 Å². The first-order valence-electron chi connectivity index (χ1n) is 10.8. The Morgan fingerprint density at radius 2 is 1.12 bits per heavy atom. The Morgan fingerprint density at radius 3 is 1.59 bits per heavy atom. The van der Waals surface area contributed by atoms with Crippen LogP contribution in [-0.2, 0) is 9.47 Å². The highest BCUT2D eigenvalue weighted by Gasteiger charge is 2.57. The molecule has 0 aromatic carbocycles. The summed E-state index contributed by atoms with van der Waals surface area (Å²) in [7, 11) is 0. The normalized spacial score (nSPS) is 44.4. The van der Waals surface area contributed by atoms with Gasteiger partial charge in [-0.1, -0.05) is 0 Å². The van der Waals surface area contributed by atoms with Gasteiger partial charge >= 0.3 is 12.5 Å². The van der Waals surface area contributed by atoms with E-state index in [1.165, 1.54) is 0 Å². The van der Waals surface area contributed by atoms with Crippen molar-refractivity contribution in [3.8, 4) is 0 Å². The van der Waals surface area contributed by atoms with E-state index < -0.39 is 74.0 Å². The molecule has 0 N–H and O–H groups in total. The van der Waals surface area contributed by atoms with Gasteiger partial charge in [-0.05, 0) is 50.4 Å². The predicted octanol–water partition coefficient (Wildman–Crippen LogP) is 6.84. The van der Waals surface area contributed by atoms with Crippen LogP contribution >= 0.6 is 11.6 Å². The van der Waals surface area contributed by atoms with Crippen LogP contribution in [0.2, 0.25) is 0 Å². The van der Waals surface area contributed by atoms with Crippen LogP contribution in [0.3, 0.4) is 0 Å². The summed E-state index contributed by atoms with van der Waals surface area (Å²) in [6.45, 7) is 0. The third-order valence-electron chi connectivity index (χ3n) is 6.87. The molecule has 0 heterocycles. The van der Waals surface area contributed by atoms with E-state index in [2.05, 4.69) is 9.47 Å². The van der Waals surface area contributed by atoms with Crippen LogP contribution in [0.25, 0.3) is 0 Å². The molecule has 3 rings (SSSR count). The van der Waals surface area contributed by atoms with Crippen molar-refractivity contribution < 1.29 is 49.0 Å². The Balaban J connectivity index is 1.59. The number of halogens is 10.